The third kappa shape index (κ3) is 3.89. The SMILES string of the molecule is CCNc1cc(NCC2CCCOC2)ccn1. The average molecular weight is 235 g/mol. The number of hydrogen-bond donors (Lipinski definition) is 2. The van der Waals surface area contributed by atoms with Crippen LogP contribution >= 0.6 is 0 Å². The van der Waals surface area contributed by atoms with E-state index in [1.54, 1.807) is 0 Å². The summed E-state index contributed by atoms with van der Waals surface area (Å²) >= 11 is 0. The minimum atomic E-state index is 0.638. The number of hydrogen-bond acceptors (Lipinski definition) is 4. The lowest BCUT2D eigenvalue weighted by Crippen LogP contribution is -2.24. The van der Waals surface area contributed by atoms with Gasteiger partial charge < -0.3 is 15.4 Å². The molecule has 0 spiro atoms. The highest BCUT2D eigenvalue weighted by atomic mass is 16.5. The topological polar surface area (TPSA) is 46.2 Å². The van der Waals surface area contributed by atoms with E-state index in [1.807, 2.05) is 18.3 Å². The second kappa shape index (κ2) is 6.45. The summed E-state index contributed by atoms with van der Waals surface area (Å²) in [5.41, 5.74) is 1.13. The second-order valence-electron chi connectivity index (χ2n) is 4.42. The Bertz CT molecular complexity index is 337. The lowest BCUT2D eigenvalue weighted by molar-refractivity contribution is 0.0595. The number of pyridine rings is 1. The highest BCUT2D eigenvalue weighted by Crippen LogP contribution is 2.16. The number of aromatic nitrogens is 1. The molecule has 4 heteroatoms. The van der Waals surface area contributed by atoms with E-state index in [2.05, 4.69) is 22.5 Å². The molecule has 0 amide bonds. The van der Waals surface area contributed by atoms with Gasteiger partial charge in [-0.25, -0.2) is 4.98 Å². The predicted octanol–water partition coefficient (Wildman–Crippen LogP) is 2.35. The van der Waals surface area contributed by atoms with E-state index in [-0.39, 0.29) is 0 Å². The molecule has 1 aromatic heterocycles. The molecule has 0 radical (unpaired) electrons. The smallest absolute Gasteiger partial charge is 0.127 e. The molecule has 1 atom stereocenters. The van der Waals surface area contributed by atoms with Crippen LogP contribution in [0.1, 0.15) is 19.8 Å². The maximum Gasteiger partial charge on any atom is 0.127 e. The molecule has 4 nitrogen and oxygen atoms in total. The molecule has 0 aliphatic carbocycles. The van der Waals surface area contributed by atoms with Crippen LogP contribution in [0.25, 0.3) is 0 Å². The van der Waals surface area contributed by atoms with Crippen molar-refractivity contribution in [3.63, 3.8) is 0 Å². The van der Waals surface area contributed by atoms with Crippen LogP contribution in [0.2, 0.25) is 0 Å². The minimum absolute atomic E-state index is 0.638. The van der Waals surface area contributed by atoms with Crippen molar-refractivity contribution in [2.24, 2.45) is 5.92 Å². The summed E-state index contributed by atoms with van der Waals surface area (Å²) in [5.74, 6) is 1.57. The first kappa shape index (κ1) is 12.2. The van der Waals surface area contributed by atoms with E-state index in [4.69, 9.17) is 4.74 Å². The van der Waals surface area contributed by atoms with Gasteiger partial charge in [0.05, 0.1) is 6.61 Å². The number of nitrogens with one attached hydrogen (secondary N) is 2. The molecule has 0 bridgehead atoms. The van der Waals surface area contributed by atoms with Crippen LogP contribution in [0, 0.1) is 5.92 Å². The predicted molar refractivity (Wildman–Crippen MR) is 70.4 cm³/mol. The fourth-order valence-electron chi connectivity index (χ4n) is 2.05. The molecule has 2 N–H and O–H groups in total. The molecule has 1 saturated heterocycles. The first-order valence-corrected chi connectivity index (χ1v) is 6.40. The molecule has 0 saturated carbocycles. The summed E-state index contributed by atoms with van der Waals surface area (Å²) < 4.78 is 5.47. The lowest BCUT2D eigenvalue weighted by Gasteiger charge is -2.22. The Balaban J connectivity index is 1.83. The van der Waals surface area contributed by atoms with Crippen LogP contribution in [0.15, 0.2) is 18.3 Å². The fourth-order valence-corrected chi connectivity index (χ4v) is 2.05. The molecule has 94 valence electrons. The third-order valence-electron chi connectivity index (χ3n) is 2.97. The van der Waals surface area contributed by atoms with Gasteiger partial charge >= 0.3 is 0 Å². The van der Waals surface area contributed by atoms with Gasteiger partial charge in [-0.3, -0.25) is 0 Å². The number of anilines is 2. The Morgan fingerprint density at radius 2 is 2.41 bits per heavy atom. The van der Waals surface area contributed by atoms with E-state index in [0.29, 0.717) is 5.92 Å². The summed E-state index contributed by atoms with van der Waals surface area (Å²) in [6.07, 6.45) is 4.28. The fraction of sp³-hybridized carbons (Fsp3) is 0.615. The summed E-state index contributed by atoms with van der Waals surface area (Å²) in [5, 5.41) is 6.66. The van der Waals surface area contributed by atoms with E-state index >= 15 is 0 Å². The highest BCUT2D eigenvalue weighted by Gasteiger charge is 2.13. The molecule has 1 unspecified atom stereocenters. The van der Waals surface area contributed by atoms with E-state index in [0.717, 1.165) is 37.8 Å². The van der Waals surface area contributed by atoms with Crippen LogP contribution in [-0.2, 0) is 4.74 Å². The zero-order chi connectivity index (χ0) is 11.9. The van der Waals surface area contributed by atoms with Crippen molar-refractivity contribution in [3.05, 3.63) is 18.3 Å². The number of nitrogens with zero attached hydrogens (tertiary/aromatic N) is 1. The maximum atomic E-state index is 5.47. The van der Waals surface area contributed by atoms with Crippen LogP contribution in [0.5, 0.6) is 0 Å². The minimum Gasteiger partial charge on any atom is -0.385 e. The molecule has 0 aromatic carbocycles. The van der Waals surface area contributed by atoms with Crippen LogP contribution in [0.3, 0.4) is 0 Å². The van der Waals surface area contributed by atoms with Gasteiger partial charge in [0.1, 0.15) is 5.82 Å². The van der Waals surface area contributed by atoms with Crippen molar-refractivity contribution in [2.45, 2.75) is 19.8 Å². The van der Waals surface area contributed by atoms with Gasteiger partial charge in [-0.05, 0) is 31.7 Å². The van der Waals surface area contributed by atoms with Crippen molar-refractivity contribution >= 4 is 11.5 Å². The standard InChI is InChI=1S/C13H21N3O/c1-2-14-13-8-12(5-6-15-13)16-9-11-4-3-7-17-10-11/h5-6,8,11H,2-4,7,9-10H2,1H3,(H2,14,15,16). The highest BCUT2D eigenvalue weighted by molar-refractivity contribution is 5.51. The van der Waals surface area contributed by atoms with Crippen molar-refractivity contribution in [1.82, 2.24) is 4.98 Å². The summed E-state index contributed by atoms with van der Waals surface area (Å²) in [6.45, 7) is 5.76. The zero-order valence-corrected chi connectivity index (χ0v) is 10.4. The van der Waals surface area contributed by atoms with Crippen LogP contribution in [0.4, 0.5) is 11.5 Å². The average Bonchev–Trinajstić information content (AvgIpc) is 2.39. The largest absolute Gasteiger partial charge is 0.385 e. The normalized spacial score (nSPS) is 19.9. The Hall–Kier alpha value is -1.29. The molecular weight excluding hydrogens is 214 g/mol. The van der Waals surface area contributed by atoms with Gasteiger partial charge in [-0.1, -0.05) is 0 Å². The molecule has 1 fully saturated rings. The van der Waals surface area contributed by atoms with Crippen molar-refractivity contribution in [3.8, 4) is 0 Å². The summed E-state index contributed by atoms with van der Waals surface area (Å²) in [4.78, 5) is 4.25. The molecule has 17 heavy (non-hydrogen) atoms. The maximum absolute atomic E-state index is 5.47. The van der Waals surface area contributed by atoms with Crippen LogP contribution in [-0.4, -0.2) is 31.3 Å². The molecule has 2 heterocycles. The Morgan fingerprint density at radius 3 is 3.18 bits per heavy atom. The molecular formula is C13H21N3O. The van der Waals surface area contributed by atoms with Crippen molar-refractivity contribution in [1.29, 1.82) is 0 Å². The summed E-state index contributed by atoms with van der Waals surface area (Å²) in [6, 6.07) is 4.05. The first-order chi connectivity index (χ1) is 8.38. The molecule has 2 rings (SSSR count). The summed E-state index contributed by atoms with van der Waals surface area (Å²) in [7, 11) is 0. The zero-order valence-electron chi connectivity index (χ0n) is 10.4. The van der Waals surface area contributed by atoms with Gasteiger partial charge in [0.2, 0.25) is 0 Å². The van der Waals surface area contributed by atoms with Gasteiger partial charge in [-0.15, -0.1) is 0 Å². The Kier molecular flexibility index (Phi) is 4.62. The van der Waals surface area contributed by atoms with Gasteiger partial charge in [0.25, 0.3) is 0 Å². The lowest BCUT2D eigenvalue weighted by atomic mass is 10.0. The number of ether oxygens (including phenoxy) is 1. The van der Waals surface area contributed by atoms with E-state index < -0.39 is 0 Å². The second-order valence-corrected chi connectivity index (χ2v) is 4.42. The van der Waals surface area contributed by atoms with Gasteiger partial charge in [-0.2, -0.15) is 0 Å². The third-order valence-corrected chi connectivity index (χ3v) is 2.97. The van der Waals surface area contributed by atoms with Gasteiger partial charge in [0.15, 0.2) is 0 Å². The van der Waals surface area contributed by atoms with Crippen LogP contribution < -0.4 is 10.6 Å². The molecule has 1 aromatic rings. The number of rotatable bonds is 5. The quantitative estimate of drug-likeness (QED) is 0.822. The van der Waals surface area contributed by atoms with Crippen molar-refractivity contribution < 1.29 is 4.74 Å². The Labute approximate surface area is 103 Å². The van der Waals surface area contributed by atoms with E-state index in [1.165, 1.54) is 12.8 Å². The Morgan fingerprint density at radius 1 is 1.47 bits per heavy atom. The van der Waals surface area contributed by atoms with E-state index in [9.17, 15) is 0 Å². The molecule has 1 aliphatic heterocycles. The van der Waals surface area contributed by atoms with Gasteiger partial charge in [0, 0.05) is 37.6 Å². The first-order valence-electron chi connectivity index (χ1n) is 6.40. The van der Waals surface area contributed by atoms with Crippen molar-refractivity contribution in [2.75, 3.05) is 36.9 Å². The monoisotopic (exact) mass is 235 g/mol. The molecule has 1 aliphatic rings.